The highest BCUT2D eigenvalue weighted by Gasteiger charge is 2.45. The second-order valence-electron chi connectivity index (χ2n) is 11.6. The van der Waals surface area contributed by atoms with Gasteiger partial charge in [-0.05, 0) is 39.8 Å². The van der Waals surface area contributed by atoms with Gasteiger partial charge in [-0.15, -0.1) is 0 Å². The Labute approximate surface area is 182 Å². The summed E-state index contributed by atoms with van der Waals surface area (Å²) in [5.74, 6) is 0. The van der Waals surface area contributed by atoms with Crippen LogP contribution in [-0.4, -0.2) is 6.71 Å². The highest BCUT2D eigenvalue weighted by Crippen LogP contribution is 2.42. The van der Waals surface area contributed by atoms with Crippen LogP contribution < -0.4 is 10.9 Å². The van der Waals surface area contributed by atoms with Crippen molar-refractivity contribution in [2.24, 2.45) is 0 Å². The molecule has 2 aliphatic rings. The monoisotopic (exact) mass is 392 g/mol. The van der Waals surface area contributed by atoms with Crippen molar-refractivity contribution in [3.8, 4) is 0 Å². The topological polar surface area (TPSA) is 0 Å². The van der Waals surface area contributed by atoms with Crippen molar-refractivity contribution in [1.29, 1.82) is 0 Å². The lowest BCUT2D eigenvalue weighted by molar-refractivity contribution is 0.616. The molecule has 2 heterocycles. The maximum Gasteiger partial charge on any atom is 0.216 e. The molecule has 0 spiro atoms. The number of fused-ring (bicyclic) bond motifs is 2. The van der Waals surface area contributed by atoms with Crippen molar-refractivity contribution < 1.29 is 0 Å². The van der Waals surface area contributed by atoms with E-state index in [4.69, 9.17) is 0 Å². The molecule has 2 aliphatic heterocycles. The minimum atomic E-state index is -0.0370. The van der Waals surface area contributed by atoms with Crippen LogP contribution in [0.5, 0.6) is 0 Å². The first kappa shape index (κ1) is 19.7. The Morgan fingerprint density at radius 2 is 1.10 bits per heavy atom. The van der Waals surface area contributed by atoms with Crippen molar-refractivity contribution in [3.05, 3.63) is 94.0 Å². The van der Waals surface area contributed by atoms with Gasteiger partial charge in [0, 0.05) is 10.8 Å². The lowest BCUT2D eigenvalue weighted by Crippen LogP contribution is -2.59. The molecule has 0 saturated carbocycles. The molecule has 0 radical (unpaired) electrons. The van der Waals surface area contributed by atoms with Crippen LogP contribution in [-0.2, 0) is 17.3 Å². The summed E-state index contributed by atoms with van der Waals surface area (Å²) in [6, 6.07) is 23.5. The van der Waals surface area contributed by atoms with Crippen LogP contribution in [0.25, 0.3) is 0 Å². The van der Waals surface area contributed by atoms with E-state index in [1.165, 1.54) is 33.4 Å². The number of benzene rings is 3. The van der Waals surface area contributed by atoms with Gasteiger partial charge in [0.05, 0.1) is 0 Å². The van der Waals surface area contributed by atoms with Crippen molar-refractivity contribution in [2.45, 2.75) is 71.0 Å². The SMILES string of the molecule is CC(C)(C)B1c2c3cccc2C(C)(C)c2cccc(c2)C(C)(C)c2cccc(c21)C3. The molecule has 5 rings (SSSR count). The molecule has 1 heteroatoms. The second-order valence-corrected chi connectivity index (χ2v) is 11.6. The second kappa shape index (κ2) is 6.13. The maximum atomic E-state index is 2.46. The Bertz CT molecular complexity index is 1080. The van der Waals surface area contributed by atoms with Crippen LogP contribution in [0.1, 0.15) is 81.8 Å². The van der Waals surface area contributed by atoms with Crippen molar-refractivity contribution in [2.75, 3.05) is 0 Å². The molecule has 152 valence electrons. The van der Waals surface area contributed by atoms with Crippen LogP contribution in [0, 0.1) is 0 Å². The summed E-state index contributed by atoms with van der Waals surface area (Å²) in [5, 5.41) is 0.134. The Kier molecular flexibility index (Phi) is 4.02. The lowest BCUT2D eigenvalue weighted by atomic mass is 9.24. The average Bonchev–Trinajstić information content (AvgIpc) is 2.69. The molecule has 0 atom stereocenters. The van der Waals surface area contributed by atoms with Crippen molar-refractivity contribution >= 4 is 17.6 Å². The molecule has 0 fully saturated rings. The van der Waals surface area contributed by atoms with Gasteiger partial charge >= 0.3 is 0 Å². The molecule has 3 aromatic carbocycles. The fraction of sp³-hybridized carbons (Fsp3) is 0.379. The predicted octanol–water partition coefficient (Wildman–Crippen LogP) is 5.97. The summed E-state index contributed by atoms with van der Waals surface area (Å²) in [6.07, 6.45) is 1.04. The van der Waals surface area contributed by atoms with E-state index in [2.05, 4.69) is 109 Å². The van der Waals surface area contributed by atoms with Gasteiger partial charge in [-0.25, -0.2) is 0 Å². The fourth-order valence-corrected chi connectivity index (χ4v) is 6.13. The van der Waals surface area contributed by atoms with Gasteiger partial charge < -0.3 is 0 Å². The third kappa shape index (κ3) is 2.60. The van der Waals surface area contributed by atoms with Gasteiger partial charge in [0.15, 0.2) is 0 Å². The molecule has 0 saturated heterocycles. The Hall–Kier alpha value is -2.28. The first-order valence-corrected chi connectivity index (χ1v) is 11.4. The Balaban J connectivity index is 2.01. The van der Waals surface area contributed by atoms with Gasteiger partial charge in [-0.2, -0.15) is 0 Å². The van der Waals surface area contributed by atoms with Crippen LogP contribution in [0.2, 0.25) is 5.31 Å². The summed E-state index contributed by atoms with van der Waals surface area (Å²) in [6.45, 7) is 17.3. The van der Waals surface area contributed by atoms with E-state index in [-0.39, 0.29) is 16.1 Å². The molecule has 0 N–H and O–H groups in total. The smallest absolute Gasteiger partial charge is 0.0661 e. The van der Waals surface area contributed by atoms with E-state index in [0.29, 0.717) is 6.71 Å². The zero-order chi connectivity index (χ0) is 21.5. The van der Waals surface area contributed by atoms with Crippen molar-refractivity contribution in [1.82, 2.24) is 0 Å². The number of hydrogen-bond donors (Lipinski definition) is 0. The molecule has 0 aliphatic carbocycles. The molecular weight excluding hydrogens is 359 g/mol. The van der Waals surface area contributed by atoms with Crippen LogP contribution in [0.4, 0.5) is 0 Å². The zero-order valence-electron chi connectivity index (χ0n) is 19.6. The van der Waals surface area contributed by atoms with Crippen LogP contribution >= 0.6 is 0 Å². The zero-order valence-corrected chi connectivity index (χ0v) is 19.6. The Morgan fingerprint density at radius 1 is 0.667 bits per heavy atom. The highest BCUT2D eigenvalue weighted by molar-refractivity contribution is 6.89. The fourth-order valence-electron chi connectivity index (χ4n) is 6.13. The van der Waals surface area contributed by atoms with Crippen LogP contribution in [0.15, 0.2) is 60.7 Å². The van der Waals surface area contributed by atoms with E-state index in [1.807, 2.05) is 0 Å². The largest absolute Gasteiger partial charge is 0.216 e. The number of rotatable bonds is 0. The summed E-state index contributed by atoms with van der Waals surface area (Å²) in [4.78, 5) is 0. The maximum absolute atomic E-state index is 2.46. The summed E-state index contributed by atoms with van der Waals surface area (Å²) < 4.78 is 0. The summed E-state index contributed by atoms with van der Waals surface area (Å²) in [5.41, 5.74) is 11.9. The molecule has 0 amide bonds. The van der Waals surface area contributed by atoms with E-state index in [9.17, 15) is 0 Å². The molecule has 0 unspecified atom stereocenters. The van der Waals surface area contributed by atoms with Gasteiger partial charge in [0.1, 0.15) is 0 Å². The first-order chi connectivity index (χ1) is 14.0. The summed E-state index contributed by atoms with van der Waals surface area (Å²) >= 11 is 0. The third-order valence-electron chi connectivity index (χ3n) is 7.87. The quantitative estimate of drug-likeness (QED) is 0.414. The molecule has 3 aromatic rings. The highest BCUT2D eigenvalue weighted by atomic mass is 14.4. The predicted molar refractivity (Wildman–Crippen MR) is 131 cm³/mol. The van der Waals surface area contributed by atoms with E-state index >= 15 is 0 Å². The van der Waals surface area contributed by atoms with Crippen molar-refractivity contribution in [3.63, 3.8) is 0 Å². The normalized spacial score (nSPS) is 18.2. The van der Waals surface area contributed by atoms with Gasteiger partial charge in [0.25, 0.3) is 0 Å². The van der Waals surface area contributed by atoms with E-state index < -0.39 is 0 Å². The average molecular weight is 392 g/mol. The van der Waals surface area contributed by atoms with Gasteiger partial charge in [0.2, 0.25) is 6.71 Å². The van der Waals surface area contributed by atoms with Crippen LogP contribution in [0.3, 0.4) is 0 Å². The standard InChI is InChI=1S/C29H33B/c1-27(2,3)30-25-19-11-8-15-23(25)28(4,5)21-13-10-14-22(18-21)29(6,7)24-16-9-12-20(17-19)26(24)30/h8-16,18H,17H2,1-7H3. The van der Waals surface area contributed by atoms with Gasteiger partial charge in [-0.3, -0.25) is 0 Å². The molecule has 0 aromatic heterocycles. The lowest BCUT2D eigenvalue weighted by Gasteiger charge is -2.44. The molecule has 0 nitrogen and oxygen atoms in total. The van der Waals surface area contributed by atoms with E-state index in [0.717, 1.165) is 6.42 Å². The Morgan fingerprint density at radius 3 is 1.53 bits per heavy atom. The number of hydrogen-bond acceptors (Lipinski definition) is 0. The molecule has 4 bridgehead atoms. The first-order valence-electron chi connectivity index (χ1n) is 11.4. The summed E-state index contributed by atoms with van der Waals surface area (Å²) in [7, 11) is 0. The minimum absolute atomic E-state index is 0.0370. The molecular formula is C29H33B. The van der Waals surface area contributed by atoms with Gasteiger partial charge in [-0.1, -0.05) is 125 Å². The molecule has 30 heavy (non-hydrogen) atoms. The third-order valence-corrected chi connectivity index (χ3v) is 7.87. The van der Waals surface area contributed by atoms with E-state index in [1.54, 1.807) is 10.9 Å². The minimum Gasteiger partial charge on any atom is -0.0661 e.